The Labute approximate surface area is 209 Å². The molecular weight excluding hydrogens is 569 g/mol. The van der Waals surface area contributed by atoms with Crippen molar-refractivity contribution in [1.29, 1.82) is 0 Å². The minimum absolute atomic E-state index is 0.124. The Balaban J connectivity index is 2.07. The van der Waals surface area contributed by atoms with E-state index < -0.39 is 78.0 Å². The highest BCUT2D eigenvalue weighted by atomic mass is 19.4. The lowest BCUT2D eigenvalue weighted by Crippen LogP contribution is -2.52. The summed E-state index contributed by atoms with van der Waals surface area (Å²) in [7, 11) is 0. The van der Waals surface area contributed by atoms with Gasteiger partial charge in [0.1, 0.15) is 0 Å². The zero-order valence-corrected chi connectivity index (χ0v) is 18.8. The van der Waals surface area contributed by atoms with Gasteiger partial charge in [0.15, 0.2) is 0 Å². The SMILES string of the molecule is O=C(OC[C@@H](CC(F)(F)C(F)(F)C(F)(F)F)c1cc(C(F)(F)F)cc(C(F)(F)F)c1)c1c[nH]c2ccccc12. The Morgan fingerprint density at radius 2 is 1.33 bits per heavy atom. The number of aromatic amines is 1. The van der Waals surface area contributed by atoms with E-state index >= 15 is 0 Å². The summed E-state index contributed by atoms with van der Waals surface area (Å²) in [4.78, 5) is 15.1. The molecule has 1 heterocycles. The van der Waals surface area contributed by atoms with Gasteiger partial charge in [-0.05, 0) is 29.8 Å². The Hall–Kier alpha value is -3.46. The Kier molecular flexibility index (Phi) is 7.66. The van der Waals surface area contributed by atoms with Gasteiger partial charge in [0.05, 0.1) is 23.3 Å². The van der Waals surface area contributed by atoms with Crippen molar-refractivity contribution >= 4 is 16.9 Å². The van der Waals surface area contributed by atoms with E-state index in [4.69, 9.17) is 4.74 Å². The van der Waals surface area contributed by atoms with Crippen LogP contribution < -0.4 is 0 Å². The second-order valence-corrected chi connectivity index (χ2v) is 8.36. The van der Waals surface area contributed by atoms with Crippen molar-refractivity contribution in [2.24, 2.45) is 0 Å². The fourth-order valence-corrected chi connectivity index (χ4v) is 3.63. The molecule has 1 aromatic heterocycles. The first-order valence-electron chi connectivity index (χ1n) is 10.5. The van der Waals surface area contributed by atoms with Crippen molar-refractivity contribution in [2.75, 3.05) is 6.61 Å². The summed E-state index contributed by atoms with van der Waals surface area (Å²) in [6.07, 6.45) is -19.4. The maximum Gasteiger partial charge on any atom is 0.459 e. The number of esters is 1. The second-order valence-electron chi connectivity index (χ2n) is 8.36. The lowest BCUT2D eigenvalue weighted by atomic mass is 9.88. The minimum atomic E-state index is -6.83. The average Bonchev–Trinajstić information content (AvgIpc) is 3.23. The number of fused-ring (bicyclic) bond motifs is 1. The van der Waals surface area contributed by atoms with Gasteiger partial charge < -0.3 is 9.72 Å². The summed E-state index contributed by atoms with van der Waals surface area (Å²) in [6, 6.07) is 5.20. The second kappa shape index (κ2) is 9.93. The number of halogens is 13. The van der Waals surface area contributed by atoms with E-state index in [1.54, 1.807) is 6.07 Å². The molecule has 16 heteroatoms. The molecule has 0 fully saturated rings. The Morgan fingerprint density at radius 1 is 0.795 bits per heavy atom. The number of nitrogens with one attached hydrogen (secondary N) is 1. The number of aromatic nitrogens is 1. The van der Waals surface area contributed by atoms with Crippen molar-refractivity contribution in [3.05, 3.63) is 70.9 Å². The van der Waals surface area contributed by atoms with Crippen LogP contribution in [0.2, 0.25) is 0 Å². The fourth-order valence-electron chi connectivity index (χ4n) is 3.63. The van der Waals surface area contributed by atoms with Gasteiger partial charge in [0.25, 0.3) is 0 Å². The van der Waals surface area contributed by atoms with Gasteiger partial charge in [-0.1, -0.05) is 18.2 Å². The smallest absolute Gasteiger partial charge is 0.459 e. The standard InChI is InChI=1S/C23H14F13NO2/c24-19(25,22(32,33)23(34,35)36)8-12(10-39-18(38)16-9-37-17-4-2-1-3-15(16)17)11-5-13(20(26,27)28)7-14(6-11)21(29,30)31/h1-7,9,12,37H,8,10H2/t12-/m1/s1. The highest BCUT2D eigenvalue weighted by Crippen LogP contribution is 2.50. The van der Waals surface area contributed by atoms with Crippen molar-refractivity contribution in [3.63, 3.8) is 0 Å². The quantitative estimate of drug-likeness (QED) is 0.224. The Bertz CT molecular complexity index is 1300. The van der Waals surface area contributed by atoms with Crippen LogP contribution in [0.5, 0.6) is 0 Å². The maximum absolute atomic E-state index is 14.2. The molecule has 214 valence electrons. The summed E-state index contributed by atoms with van der Waals surface area (Å²) >= 11 is 0. The van der Waals surface area contributed by atoms with Gasteiger partial charge in [-0.25, -0.2) is 4.79 Å². The van der Waals surface area contributed by atoms with Crippen molar-refractivity contribution in [1.82, 2.24) is 4.98 Å². The largest absolute Gasteiger partial charge is 0.461 e. The molecule has 1 atom stereocenters. The van der Waals surface area contributed by atoms with Crippen LogP contribution in [0.25, 0.3) is 10.9 Å². The number of rotatable bonds is 7. The molecule has 3 aromatic rings. The number of benzene rings is 2. The Morgan fingerprint density at radius 3 is 1.85 bits per heavy atom. The van der Waals surface area contributed by atoms with Crippen molar-refractivity contribution in [2.45, 2.75) is 42.7 Å². The van der Waals surface area contributed by atoms with E-state index in [0.717, 1.165) is 6.20 Å². The van der Waals surface area contributed by atoms with Crippen LogP contribution in [0.3, 0.4) is 0 Å². The molecule has 3 rings (SSSR count). The molecule has 2 aromatic carbocycles. The van der Waals surface area contributed by atoms with Crippen LogP contribution in [0.1, 0.15) is 39.4 Å². The molecule has 0 saturated heterocycles. The van der Waals surface area contributed by atoms with E-state index in [1.807, 2.05) is 0 Å². The molecule has 0 radical (unpaired) electrons. The fraction of sp³-hybridized carbons (Fsp3) is 0.348. The molecule has 0 aliphatic heterocycles. The van der Waals surface area contributed by atoms with E-state index in [0.29, 0.717) is 5.52 Å². The zero-order chi connectivity index (χ0) is 29.6. The van der Waals surface area contributed by atoms with Gasteiger partial charge in [-0.3, -0.25) is 0 Å². The lowest BCUT2D eigenvalue weighted by molar-refractivity contribution is -0.356. The molecule has 0 saturated carbocycles. The van der Waals surface area contributed by atoms with Crippen LogP contribution in [0.15, 0.2) is 48.7 Å². The topological polar surface area (TPSA) is 42.1 Å². The molecule has 0 bridgehead atoms. The predicted molar refractivity (Wildman–Crippen MR) is 108 cm³/mol. The number of carbonyl (C=O) groups is 1. The van der Waals surface area contributed by atoms with Gasteiger partial charge >= 0.3 is 36.3 Å². The van der Waals surface area contributed by atoms with Crippen LogP contribution >= 0.6 is 0 Å². The molecule has 0 spiro atoms. The third-order valence-corrected chi connectivity index (χ3v) is 5.62. The lowest BCUT2D eigenvalue weighted by Gasteiger charge is -2.31. The number of hydrogen-bond acceptors (Lipinski definition) is 2. The molecule has 0 amide bonds. The number of ether oxygens (including phenoxy) is 1. The van der Waals surface area contributed by atoms with Gasteiger partial charge in [0, 0.05) is 29.4 Å². The third kappa shape index (κ3) is 6.24. The summed E-state index contributed by atoms with van der Waals surface area (Å²) < 4.78 is 178. The summed E-state index contributed by atoms with van der Waals surface area (Å²) in [5.41, 5.74) is -5.39. The number of alkyl halides is 13. The van der Waals surface area contributed by atoms with Gasteiger partial charge in [0.2, 0.25) is 0 Å². The summed E-state index contributed by atoms with van der Waals surface area (Å²) in [6.45, 7) is -1.57. The van der Waals surface area contributed by atoms with Crippen LogP contribution in [0, 0.1) is 0 Å². The zero-order valence-electron chi connectivity index (χ0n) is 18.8. The summed E-state index contributed by atoms with van der Waals surface area (Å²) in [5, 5.41) is 0.186. The molecule has 39 heavy (non-hydrogen) atoms. The van der Waals surface area contributed by atoms with E-state index in [-0.39, 0.29) is 23.1 Å². The molecule has 3 nitrogen and oxygen atoms in total. The van der Waals surface area contributed by atoms with Crippen molar-refractivity contribution in [3.8, 4) is 0 Å². The molecule has 0 unspecified atom stereocenters. The number of H-pyrrole nitrogens is 1. The third-order valence-electron chi connectivity index (χ3n) is 5.62. The summed E-state index contributed by atoms with van der Waals surface area (Å²) in [5.74, 6) is -16.8. The first kappa shape index (κ1) is 30.1. The first-order chi connectivity index (χ1) is 17.6. The number of carbonyl (C=O) groups excluding carboxylic acids is 1. The van der Waals surface area contributed by atoms with Crippen molar-refractivity contribution < 1.29 is 66.6 Å². The monoisotopic (exact) mass is 583 g/mol. The van der Waals surface area contributed by atoms with E-state index in [2.05, 4.69) is 4.98 Å². The first-order valence-corrected chi connectivity index (χ1v) is 10.5. The minimum Gasteiger partial charge on any atom is -0.461 e. The number of hydrogen-bond donors (Lipinski definition) is 1. The molecule has 0 aliphatic rings. The van der Waals surface area contributed by atoms with Gasteiger partial charge in [-0.2, -0.15) is 57.1 Å². The van der Waals surface area contributed by atoms with E-state index in [1.165, 1.54) is 18.2 Å². The highest BCUT2D eigenvalue weighted by molar-refractivity contribution is 6.04. The molecule has 0 aliphatic carbocycles. The van der Waals surface area contributed by atoms with Crippen LogP contribution in [-0.4, -0.2) is 35.6 Å². The van der Waals surface area contributed by atoms with Gasteiger partial charge in [-0.15, -0.1) is 0 Å². The molecule has 1 N–H and O–H groups in total. The average molecular weight is 583 g/mol. The predicted octanol–water partition coefficient (Wildman–Crippen LogP) is 8.37. The molecular formula is C23H14F13NO2. The van der Waals surface area contributed by atoms with Crippen LogP contribution in [-0.2, 0) is 17.1 Å². The van der Waals surface area contributed by atoms with Crippen LogP contribution in [0.4, 0.5) is 57.1 Å². The highest BCUT2D eigenvalue weighted by Gasteiger charge is 2.73. The normalized spacial score (nSPS) is 14.5. The number of para-hydroxylation sites is 1. The maximum atomic E-state index is 14.2. The van der Waals surface area contributed by atoms with E-state index in [9.17, 15) is 61.9 Å².